The summed E-state index contributed by atoms with van der Waals surface area (Å²) in [6.07, 6.45) is 9.52. The second-order valence-electron chi connectivity index (χ2n) is 5.18. The summed E-state index contributed by atoms with van der Waals surface area (Å²) in [5.41, 5.74) is 2.93. The Morgan fingerprint density at radius 3 is 1.21 bits per heavy atom. The Morgan fingerprint density at radius 2 is 0.929 bits per heavy atom. The first-order valence-corrected chi connectivity index (χ1v) is 5.53. The zero-order valence-electron chi connectivity index (χ0n) is 8.19. The van der Waals surface area contributed by atoms with Gasteiger partial charge in [-0.05, 0) is 11.8 Å². The van der Waals surface area contributed by atoms with Crippen molar-refractivity contribution in [2.24, 2.45) is 35.5 Å². The lowest BCUT2D eigenvalue weighted by molar-refractivity contribution is 0.343. The Kier molecular flexibility index (Phi) is 1.03. The zero-order valence-corrected chi connectivity index (χ0v) is 8.19. The molecule has 0 saturated heterocycles. The smallest absolute Gasteiger partial charge is 0.00206 e. The molecular formula is C14H14. The van der Waals surface area contributed by atoms with Gasteiger partial charge in [-0.2, -0.15) is 0 Å². The summed E-state index contributed by atoms with van der Waals surface area (Å²) in [6.45, 7) is 8.57. The first-order chi connectivity index (χ1) is 6.79. The minimum atomic E-state index is 0.668. The van der Waals surface area contributed by atoms with Gasteiger partial charge >= 0.3 is 0 Å². The van der Waals surface area contributed by atoms with Crippen molar-refractivity contribution in [3.63, 3.8) is 0 Å². The summed E-state index contributed by atoms with van der Waals surface area (Å²) in [6, 6.07) is 0. The second kappa shape index (κ2) is 1.98. The maximum Gasteiger partial charge on any atom is 0.00206 e. The molecule has 4 rings (SSSR count). The van der Waals surface area contributed by atoms with E-state index in [2.05, 4.69) is 37.5 Å². The Hall–Kier alpha value is -1.04. The Labute approximate surface area is 84.7 Å². The van der Waals surface area contributed by atoms with E-state index in [1.54, 1.807) is 0 Å². The molecule has 4 aliphatic rings. The van der Waals surface area contributed by atoms with E-state index in [1.165, 1.54) is 11.1 Å². The second-order valence-corrected chi connectivity index (χ2v) is 5.18. The number of hydrogen-bond acceptors (Lipinski definition) is 0. The molecular weight excluding hydrogens is 168 g/mol. The molecule has 2 saturated carbocycles. The van der Waals surface area contributed by atoms with Crippen molar-refractivity contribution in [3.8, 4) is 0 Å². The van der Waals surface area contributed by atoms with Crippen molar-refractivity contribution in [2.45, 2.75) is 0 Å². The van der Waals surface area contributed by atoms with E-state index in [-0.39, 0.29) is 0 Å². The Balaban J connectivity index is 1.96. The van der Waals surface area contributed by atoms with Crippen LogP contribution in [0.25, 0.3) is 0 Å². The van der Waals surface area contributed by atoms with Crippen LogP contribution in [-0.2, 0) is 0 Å². The molecule has 0 amide bonds. The lowest BCUT2D eigenvalue weighted by Crippen LogP contribution is -2.12. The van der Waals surface area contributed by atoms with Gasteiger partial charge in [0.2, 0.25) is 0 Å². The van der Waals surface area contributed by atoms with Gasteiger partial charge in [-0.1, -0.05) is 48.6 Å². The molecule has 14 heavy (non-hydrogen) atoms. The van der Waals surface area contributed by atoms with Gasteiger partial charge in [-0.15, -0.1) is 0 Å². The minimum absolute atomic E-state index is 0.668. The van der Waals surface area contributed by atoms with E-state index in [0.717, 1.165) is 11.8 Å². The molecule has 0 aromatic heterocycles. The average molecular weight is 182 g/mol. The van der Waals surface area contributed by atoms with Gasteiger partial charge in [0, 0.05) is 23.7 Å². The van der Waals surface area contributed by atoms with Crippen LogP contribution in [0.1, 0.15) is 0 Å². The van der Waals surface area contributed by atoms with Gasteiger partial charge in [-0.25, -0.2) is 0 Å². The fourth-order valence-electron chi connectivity index (χ4n) is 4.32. The molecule has 6 atom stereocenters. The number of rotatable bonds is 0. The molecule has 0 aromatic rings. The summed E-state index contributed by atoms with van der Waals surface area (Å²) in [5, 5.41) is 0. The fourth-order valence-corrected chi connectivity index (χ4v) is 4.32. The number of allylic oxidation sites excluding steroid dienone is 6. The van der Waals surface area contributed by atoms with Gasteiger partial charge in [0.1, 0.15) is 0 Å². The first-order valence-electron chi connectivity index (χ1n) is 5.53. The topological polar surface area (TPSA) is 0 Å². The van der Waals surface area contributed by atoms with E-state index in [1.807, 2.05) is 0 Å². The zero-order chi connectivity index (χ0) is 9.45. The van der Waals surface area contributed by atoms with E-state index in [9.17, 15) is 0 Å². The van der Waals surface area contributed by atoms with Gasteiger partial charge in [0.15, 0.2) is 0 Å². The van der Waals surface area contributed by atoms with Crippen LogP contribution in [0.3, 0.4) is 0 Å². The van der Waals surface area contributed by atoms with Crippen LogP contribution in [0.4, 0.5) is 0 Å². The van der Waals surface area contributed by atoms with Crippen molar-refractivity contribution in [2.75, 3.05) is 0 Å². The predicted octanol–water partition coefficient (Wildman–Crippen LogP) is 2.96. The molecule has 70 valence electrons. The predicted molar refractivity (Wildman–Crippen MR) is 57.5 cm³/mol. The lowest BCUT2D eigenvalue weighted by atomic mass is 9.88. The summed E-state index contributed by atoms with van der Waals surface area (Å²) in [4.78, 5) is 0. The third kappa shape index (κ3) is 0.538. The fraction of sp³-hybridized carbons (Fsp3) is 0.429. The Bertz CT molecular complexity index is 338. The van der Waals surface area contributed by atoms with Crippen LogP contribution in [0.5, 0.6) is 0 Å². The quantitative estimate of drug-likeness (QED) is 0.505. The standard InChI is InChI=1S/C14H14/c1-7-9-3-5-11-8(2)12-6-4-10(7)14(12)13(9)11/h3-6,9-14H,1-2H2/t9-,10-,11-,12+,13?,14?/m1/s1. The molecule has 0 aliphatic heterocycles. The normalized spacial score (nSPS) is 56.3. The maximum absolute atomic E-state index is 4.29. The molecule has 0 N–H and O–H groups in total. The summed E-state index contributed by atoms with van der Waals surface area (Å²) in [7, 11) is 0. The van der Waals surface area contributed by atoms with E-state index < -0.39 is 0 Å². The highest BCUT2D eigenvalue weighted by molar-refractivity contribution is 5.45. The molecule has 0 spiro atoms. The van der Waals surface area contributed by atoms with Crippen molar-refractivity contribution >= 4 is 0 Å². The molecule has 0 heterocycles. The van der Waals surface area contributed by atoms with Crippen LogP contribution in [0.2, 0.25) is 0 Å². The monoisotopic (exact) mass is 182 g/mol. The molecule has 2 fully saturated rings. The van der Waals surface area contributed by atoms with E-state index in [4.69, 9.17) is 0 Å². The molecule has 0 radical (unpaired) electrons. The maximum atomic E-state index is 4.29. The molecule has 0 nitrogen and oxygen atoms in total. The highest BCUT2D eigenvalue weighted by Gasteiger charge is 2.59. The van der Waals surface area contributed by atoms with Crippen molar-refractivity contribution in [1.29, 1.82) is 0 Å². The third-order valence-corrected chi connectivity index (χ3v) is 4.87. The van der Waals surface area contributed by atoms with E-state index >= 15 is 0 Å². The summed E-state index contributed by atoms with van der Waals surface area (Å²) < 4.78 is 0. The highest BCUT2D eigenvalue weighted by Crippen LogP contribution is 2.66. The third-order valence-electron chi connectivity index (χ3n) is 4.87. The summed E-state index contributed by atoms with van der Waals surface area (Å²) >= 11 is 0. The first kappa shape index (κ1) is 7.28. The van der Waals surface area contributed by atoms with Crippen LogP contribution in [-0.4, -0.2) is 0 Å². The van der Waals surface area contributed by atoms with Crippen molar-refractivity contribution < 1.29 is 0 Å². The SMILES string of the molecule is C=C1[C@H]2C=C[C@@H]3C(=C)[C@@H]4C=C[C@H]1C4C23. The van der Waals surface area contributed by atoms with Gasteiger partial charge in [-0.3, -0.25) is 0 Å². The highest BCUT2D eigenvalue weighted by atomic mass is 14.6. The van der Waals surface area contributed by atoms with Gasteiger partial charge < -0.3 is 0 Å². The largest absolute Gasteiger partial charge is 0.0986 e. The molecule has 0 heteroatoms. The molecule has 0 bridgehead atoms. The van der Waals surface area contributed by atoms with Crippen molar-refractivity contribution in [3.05, 3.63) is 48.6 Å². The Morgan fingerprint density at radius 1 is 0.643 bits per heavy atom. The molecule has 4 aliphatic carbocycles. The average Bonchev–Trinajstić information content (AvgIpc) is 2.83. The van der Waals surface area contributed by atoms with E-state index in [0.29, 0.717) is 23.7 Å². The van der Waals surface area contributed by atoms with Gasteiger partial charge in [0.05, 0.1) is 0 Å². The van der Waals surface area contributed by atoms with Crippen LogP contribution in [0.15, 0.2) is 48.6 Å². The van der Waals surface area contributed by atoms with Crippen LogP contribution < -0.4 is 0 Å². The lowest BCUT2D eigenvalue weighted by Gasteiger charge is -2.14. The summed E-state index contributed by atoms with van der Waals surface area (Å²) in [5.74, 6) is 4.31. The minimum Gasteiger partial charge on any atom is -0.0986 e. The molecule has 0 aromatic carbocycles. The number of hydrogen-bond donors (Lipinski definition) is 0. The van der Waals surface area contributed by atoms with Crippen LogP contribution >= 0.6 is 0 Å². The van der Waals surface area contributed by atoms with Crippen molar-refractivity contribution in [1.82, 2.24) is 0 Å². The van der Waals surface area contributed by atoms with Gasteiger partial charge in [0.25, 0.3) is 0 Å². The van der Waals surface area contributed by atoms with Crippen LogP contribution in [0, 0.1) is 35.5 Å². The molecule has 2 unspecified atom stereocenters.